The molecule has 7 heteroatoms. The van der Waals surface area contributed by atoms with Crippen LogP contribution >= 0.6 is 0 Å². The Hall–Kier alpha value is -2.28. The minimum Gasteiger partial charge on any atom is -0.504 e. The Morgan fingerprint density at radius 3 is 2.48 bits per heavy atom. The molecule has 0 aromatic heterocycles. The molecule has 138 valence electrons. The molecular formula is C18H25NO6. The molecule has 25 heavy (non-hydrogen) atoms. The number of carbonyl (C=O) groups is 2. The van der Waals surface area contributed by atoms with E-state index in [9.17, 15) is 19.8 Å². The minimum atomic E-state index is -1.02. The van der Waals surface area contributed by atoms with Crippen molar-refractivity contribution in [2.45, 2.75) is 63.7 Å². The van der Waals surface area contributed by atoms with Crippen molar-refractivity contribution in [1.29, 1.82) is 0 Å². The van der Waals surface area contributed by atoms with E-state index in [1.165, 1.54) is 19.1 Å². The largest absolute Gasteiger partial charge is 0.504 e. The normalized spacial score (nSPS) is 17.5. The first-order chi connectivity index (χ1) is 11.9. The third kappa shape index (κ3) is 5.63. The summed E-state index contributed by atoms with van der Waals surface area (Å²) in [5, 5.41) is 18.7. The molecule has 0 amide bonds. The summed E-state index contributed by atoms with van der Waals surface area (Å²) in [5.74, 6) is -1.82. The number of hydrogen-bond donors (Lipinski definition) is 3. The van der Waals surface area contributed by atoms with E-state index < -0.39 is 24.1 Å². The fourth-order valence-electron chi connectivity index (χ4n) is 2.79. The molecule has 0 radical (unpaired) electrons. The van der Waals surface area contributed by atoms with Crippen LogP contribution in [-0.4, -0.2) is 40.4 Å². The van der Waals surface area contributed by atoms with E-state index in [-0.39, 0.29) is 24.0 Å². The Morgan fingerprint density at radius 1 is 1.16 bits per heavy atom. The minimum absolute atomic E-state index is 0.101. The fourth-order valence-corrected chi connectivity index (χ4v) is 2.79. The summed E-state index contributed by atoms with van der Waals surface area (Å²) >= 11 is 0. The van der Waals surface area contributed by atoms with Gasteiger partial charge < -0.3 is 25.4 Å². The van der Waals surface area contributed by atoms with Crippen LogP contribution in [0.2, 0.25) is 0 Å². The first-order valence-electron chi connectivity index (χ1n) is 8.54. The highest BCUT2D eigenvalue weighted by atomic mass is 16.6. The van der Waals surface area contributed by atoms with Crippen molar-refractivity contribution in [3.63, 3.8) is 0 Å². The Kier molecular flexibility index (Phi) is 6.64. The van der Waals surface area contributed by atoms with Crippen molar-refractivity contribution >= 4 is 11.9 Å². The molecule has 1 aromatic carbocycles. The van der Waals surface area contributed by atoms with E-state index in [1.807, 2.05) is 0 Å². The van der Waals surface area contributed by atoms with Crippen LogP contribution < -0.4 is 5.73 Å². The molecule has 0 unspecified atom stereocenters. The molecule has 0 heterocycles. The molecule has 1 fully saturated rings. The number of carbonyl (C=O) groups excluding carboxylic acids is 2. The number of benzene rings is 1. The van der Waals surface area contributed by atoms with Gasteiger partial charge in [-0.1, -0.05) is 12.5 Å². The maximum Gasteiger partial charge on any atom is 0.347 e. The zero-order valence-corrected chi connectivity index (χ0v) is 14.3. The van der Waals surface area contributed by atoms with Crippen molar-refractivity contribution in [2.75, 3.05) is 0 Å². The number of aromatic hydroxyl groups is 2. The molecule has 4 N–H and O–H groups in total. The number of nitrogens with two attached hydrogens (primary N) is 1. The number of phenols is 2. The van der Waals surface area contributed by atoms with E-state index in [0.29, 0.717) is 5.56 Å². The van der Waals surface area contributed by atoms with E-state index in [4.69, 9.17) is 15.2 Å². The van der Waals surface area contributed by atoms with Crippen molar-refractivity contribution in [3.05, 3.63) is 23.8 Å². The lowest BCUT2D eigenvalue weighted by molar-refractivity contribution is -0.171. The van der Waals surface area contributed by atoms with Crippen LogP contribution in [0.4, 0.5) is 0 Å². The zero-order chi connectivity index (χ0) is 18.4. The van der Waals surface area contributed by atoms with Gasteiger partial charge in [0, 0.05) is 0 Å². The third-order valence-electron chi connectivity index (χ3n) is 4.26. The highest BCUT2D eigenvalue weighted by molar-refractivity contribution is 5.81. The van der Waals surface area contributed by atoms with Gasteiger partial charge in [0.25, 0.3) is 0 Å². The SMILES string of the molecule is C[C@H](OC(=O)[C@@H](N)Cc1ccc(O)c(O)c1)C(=O)OC1CCCCC1. The molecule has 0 bridgehead atoms. The molecule has 1 aliphatic rings. The summed E-state index contributed by atoms with van der Waals surface area (Å²) in [4.78, 5) is 24.0. The fraction of sp³-hybridized carbons (Fsp3) is 0.556. The Labute approximate surface area is 146 Å². The zero-order valence-electron chi connectivity index (χ0n) is 14.3. The molecule has 0 saturated heterocycles. The third-order valence-corrected chi connectivity index (χ3v) is 4.26. The van der Waals surface area contributed by atoms with Gasteiger partial charge in [0.15, 0.2) is 17.6 Å². The molecule has 7 nitrogen and oxygen atoms in total. The second kappa shape index (κ2) is 8.71. The van der Waals surface area contributed by atoms with Gasteiger partial charge in [-0.25, -0.2) is 4.79 Å². The standard InChI is InChI=1S/C18H25NO6/c1-11(17(22)25-13-5-3-2-4-6-13)24-18(23)14(19)9-12-7-8-15(20)16(21)10-12/h7-8,10-11,13-14,20-21H,2-6,9,19H2,1H3/t11-,14-/m0/s1. The molecule has 2 atom stereocenters. The van der Waals surface area contributed by atoms with Gasteiger partial charge in [0.1, 0.15) is 12.1 Å². The van der Waals surface area contributed by atoms with Crippen LogP contribution in [0.1, 0.15) is 44.6 Å². The monoisotopic (exact) mass is 351 g/mol. The van der Waals surface area contributed by atoms with Crippen molar-refractivity contribution in [1.82, 2.24) is 0 Å². The van der Waals surface area contributed by atoms with Gasteiger partial charge in [-0.3, -0.25) is 4.79 Å². The molecule has 0 aliphatic heterocycles. The molecule has 1 aromatic rings. The van der Waals surface area contributed by atoms with Crippen molar-refractivity contribution in [2.24, 2.45) is 5.73 Å². The van der Waals surface area contributed by atoms with Gasteiger partial charge >= 0.3 is 11.9 Å². The maximum absolute atomic E-state index is 12.0. The van der Waals surface area contributed by atoms with E-state index in [0.717, 1.165) is 32.1 Å². The number of phenolic OH excluding ortho intramolecular Hbond substituents is 2. The predicted octanol–water partition coefficient (Wildman–Crippen LogP) is 1.78. The molecule has 0 spiro atoms. The Balaban J connectivity index is 1.82. The first kappa shape index (κ1) is 19.1. The number of rotatable bonds is 6. The Morgan fingerprint density at radius 2 is 1.84 bits per heavy atom. The summed E-state index contributed by atoms with van der Waals surface area (Å²) in [7, 11) is 0. The van der Waals surface area contributed by atoms with Crippen molar-refractivity contribution in [3.8, 4) is 11.5 Å². The molecule has 1 aliphatic carbocycles. The van der Waals surface area contributed by atoms with E-state index in [1.54, 1.807) is 6.07 Å². The average molecular weight is 351 g/mol. The van der Waals surface area contributed by atoms with Gasteiger partial charge in [-0.15, -0.1) is 0 Å². The summed E-state index contributed by atoms with van der Waals surface area (Å²) in [5.41, 5.74) is 6.37. The van der Waals surface area contributed by atoms with E-state index >= 15 is 0 Å². The Bertz CT molecular complexity index is 612. The predicted molar refractivity (Wildman–Crippen MR) is 90.0 cm³/mol. The molecule has 2 rings (SSSR count). The highest BCUT2D eigenvalue weighted by Crippen LogP contribution is 2.25. The lowest BCUT2D eigenvalue weighted by Crippen LogP contribution is -2.39. The second-order valence-electron chi connectivity index (χ2n) is 6.41. The summed E-state index contributed by atoms with van der Waals surface area (Å²) in [6.07, 6.45) is 3.90. The van der Waals surface area contributed by atoms with Crippen LogP contribution in [0, 0.1) is 0 Å². The smallest absolute Gasteiger partial charge is 0.347 e. The van der Waals surface area contributed by atoms with Crippen LogP contribution in [0.3, 0.4) is 0 Å². The number of ether oxygens (including phenoxy) is 2. The summed E-state index contributed by atoms with van der Waals surface area (Å²) in [6.45, 7) is 1.46. The second-order valence-corrected chi connectivity index (χ2v) is 6.41. The van der Waals surface area contributed by atoms with Crippen molar-refractivity contribution < 1.29 is 29.3 Å². The average Bonchev–Trinajstić information content (AvgIpc) is 2.58. The number of esters is 2. The van der Waals surface area contributed by atoms with Crippen LogP contribution in [0.15, 0.2) is 18.2 Å². The summed E-state index contributed by atoms with van der Waals surface area (Å²) < 4.78 is 10.5. The summed E-state index contributed by atoms with van der Waals surface area (Å²) in [6, 6.07) is 3.19. The highest BCUT2D eigenvalue weighted by Gasteiger charge is 2.26. The van der Waals surface area contributed by atoms with Gasteiger partial charge in [-0.2, -0.15) is 0 Å². The van der Waals surface area contributed by atoms with Gasteiger partial charge in [0.2, 0.25) is 0 Å². The topological polar surface area (TPSA) is 119 Å². The van der Waals surface area contributed by atoms with Crippen LogP contribution in [-0.2, 0) is 25.5 Å². The quantitative estimate of drug-likeness (QED) is 0.528. The maximum atomic E-state index is 12.0. The van der Waals surface area contributed by atoms with Crippen LogP contribution in [0.5, 0.6) is 11.5 Å². The lowest BCUT2D eigenvalue weighted by atomic mass is 9.98. The van der Waals surface area contributed by atoms with Crippen LogP contribution in [0.25, 0.3) is 0 Å². The number of hydrogen-bond acceptors (Lipinski definition) is 7. The molecule has 1 saturated carbocycles. The first-order valence-corrected chi connectivity index (χ1v) is 8.54. The van der Waals surface area contributed by atoms with Gasteiger partial charge in [-0.05, 0) is 56.7 Å². The lowest BCUT2D eigenvalue weighted by Gasteiger charge is -2.24. The van der Waals surface area contributed by atoms with E-state index in [2.05, 4.69) is 0 Å². The van der Waals surface area contributed by atoms with Gasteiger partial charge in [0.05, 0.1) is 0 Å². The molecular weight excluding hydrogens is 326 g/mol.